The summed E-state index contributed by atoms with van der Waals surface area (Å²) in [6.45, 7) is -0.278. The minimum atomic E-state index is -1.87. The zero-order valence-electron chi connectivity index (χ0n) is 21.9. The van der Waals surface area contributed by atoms with Gasteiger partial charge >= 0.3 is 5.69 Å². The van der Waals surface area contributed by atoms with Gasteiger partial charge in [-0.1, -0.05) is 54.6 Å². The fraction of sp³-hybridized carbons (Fsp3) is 0.267. The van der Waals surface area contributed by atoms with Crippen LogP contribution in [0.2, 0.25) is 0 Å². The third kappa shape index (κ3) is 5.04. The van der Waals surface area contributed by atoms with Gasteiger partial charge in [0.05, 0.1) is 20.8 Å². The average Bonchev–Trinajstić information content (AvgIpc) is 3.27. The van der Waals surface area contributed by atoms with Crippen LogP contribution in [0.5, 0.6) is 11.5 Å². The number of nitrogens with zero attached hydrogens (tertiary/aromatic N) is 1. The number of alkyl halides is 1. The molecule has 0 amide bonds. The molecular weight excluding hydrogens is 519 g/mol. The van der Waals surface area contributed by atoms with Crippen molar-refractivity contribution in [1.82, 2.24) is 9.55 Å². The summed E-state index contributed by atoms with van der Waals surface area (Å²) in [4.78, 5) is 25.9. The predicted molar refractivity (Wildman–Crippen MR) is 144 cm³/mol. The van der Waals surface area contributed by atoms with Crippen LogP contribution in [0, 0.1) is 0 Å². The summed E-state index contributed by atoms with van der Waals surface area (Å²) in [5.41, 5.74) is -0.398. The lowest BCUT2D eigenvalue weighted by atomic mass is 9.80. The van der Waals surface area contributed by atoms with E-state index in [1.165, 1.54) is 0 Å². The molecule has 1 aromatic heterocycles. The Hall–Kier alpha value is -4.25. The minimum absolute atomic E-state index is 0.278. The number of aliphatic hydroxyl groups excluding tert-OH is 1. The summed E-state index contributed by atoms with van der Waals surface area (Å²) in [6, 6.07) is 25.3. The molecule has 1 aliphatic rings. The van der Waals surface area contributed by atoms with Crippen LogP contribution in [-0.4, -0.2) is 53.9 Å². The van der Waals surface area contributed by atoms with Crippen molar-refractivity contribution in [1.29, 1.82) is 0 Å². The summed E-state index contributed by atoms with van der Waals surface area (Å²) in [5, 5.41) is 10.6. The molecule has 4 aromatic rings. The molecule has 3 aromatic carbocycles. The summed E-state index contributed by atoms with van der Waals surface area (Å²) in [6.07, 6.45) is -4.94. The van der Waals surface area contributed by atoms with E-state index in [0.29, 0.717) is 11.5 Å². The van der Waals surface area contributed by atoms with Crippen LogP contribution >= 0.6 is 0 Å². The molecule has 1 aliphatic heterocycles. The van der Waals surface area contributed by atoms with E-state index in [1.54, 1.807) is 14.2 Å². The van der Waals surface area contributed by atoms with Crippen molar-refractivity contribution in [2.45, 2.75) is 30.2 Å². The highest BCUT2D eigenvalue weighted by molar-refractivity contribution is 5.49. The number of aliphatic hydroxyl groups is 1. The normalized spacial score (nSPS) is 20.8. The number of hydrogen-bond acceptors (Lipinski definition) is 7. The number of ether oxygens (including phenoxy) is 4. The van der Waals surface area contributed by atoms with Crippen molar-refractivity contribution in [3.8, 4) is 11.5 Å². The highest BCUT2D eigenvalue weighted by Gasteiger charge is 2.47. The second kappa shape index (κ2) is 11.5. The highest BCUT2D eigenvalue weighted by Crippen LogP contribution is 2.43. The number of H-pyrrole nitrogens is 1. The van der Waals surface area contributed by atoms with Crippen LogP contribution < -0.4 is 20.7 Å². The van der Waals surface area contributed by atoms with Crippen molar-refractivity contribution in [3.05, 3.63) is 129 Å². The number of halogens is 1. The fourth-order valence-corrected chi connectivity index (χ4v) is 4.98. The summed E-state index contributed by atoms with van der Waals surface area (Å²) in [7, 11) is 3.15. The molecule has 0 radical (unpaired) electrons. The minimum Gasteiger partial charge on any atom is -0.497 e. The smallest absolute Gasteiger partial charge is 0.330 e. The van der Waals surface area contributed by atoms with Gasteiger partial charge in [0.1, 0.15) is 29.3 Å². The number of aromatic nitrogens is 2. The van der Waals surface area contributed by atoms with Gasteiger partial charge in [-0.25, -0.2) is 9.18 Å². The second-order valence-corrected chi connectivity index (χ2v) is 9.33. The molecule has 208 valence electrons. The SMILES string of the molecule is COc1ccc(C(OC[C@H]2O[C@@H](n3ccc(=O)[nH]c3=O)[C@H](O)[C@H]2F)(c2ccccc2)c2ccc(OC)cc2)cc1. The van der Waals surface area contributed by atoms with Crippen LogP contribution in [0.1, 0.15) is 22.9 Å². The number of hydrogen-bond donors (Lipinski definition) is 2. The maximum Gasteiger partial charge on any atom is 0.330 e. The first kappa shape index (κ1) is 27.3. The summed E-state index contributed by atoms with van der Waals surface area (Å²) < 4.78 is 39.6. The Morgan fingerprint density at radius 1 is 0.875 bits per heavy atom. The van der Waals surface area contributed by atoms with E-state index in [2.05, 4.69) is 4.98 Å². The first-order chi connectivity index (χ1) is 19.4. The van der Waals surface area contributed by atoms with Crippen molar-refractivity contribution in [2.24, 2.45) is 0 Å². The first-order valence-corrected chi connectivity index (χ1v) is 12.6. The van der Waals surface area contributed by atoms with Gasteiger partial charge in [0.25, 0.3) is 5.56 Å². The van der Waals surface area contributed by atoms with Gasteiger partial charge in [0, 0.05) is 12.3 Å². The Bertz CT molecular complexity index is 1490. The number of aromatic amines is 1. The molecule has 2 heterocycles. The number of benzene rings is 3. The monoisotopic (exact) mass is 548 g/mol. The molecule has 40 heavy (non-hydrogen) atoms. The molecule has 1 saturated heterocycles. The Morgan fingerprint density at radius 2 is 1.43 bits per heavy atom. The molecule has 0 aliphatic carbocycles. The molecule has 2 N–H and O–H groups in total. The van der Waals surface area contributed by atoms with E-state index in [9.17, 15) is 14.7 Å². The third-order valence-corrected chi connectivity index (χ3v) is 7.05. The predicted octanol–water partition coefficient (Wildman–Crippen LogP) is 3.16. The van der Waals surface area contributed by atoms with Crippen molar-refractivity contribution in [2.75, 3.05) is 20.8 Å². The van der Waals surface area contributed by atoms with E-state index in [0.717, 1.165) is 33.5 Å². The third-order valence-electron chi connectivity index (χ3n) is 7.05. The molecule has 10 heteroatoms. The first-order valence-electron chi connectivity index (χ1n) is 12.6. The number of nitrogens with one attached hydrogen (secondary N) is 1. The van der Waals surface area contributed by atoms with E-state index >= 15 is 4.39 Å². The van der Waals surface area contributed by atoms with E-state index in [-0.39, 0.29) is 6.61 Å². The van der Waals surface area contributed by atoms with E-state index in [4.69, 9.17) is 18.9 Å². The lowest BCUT2D eigenvalue weighted by Crippen LogP contribution is -2.38. The topological polar surface area (TPSA) is 112 Å². The van der Waals surface area contributed by atoms with Gasteiger partial charge in [-0.3, -0.25) is 14.3 Å². The van der Waals surface area contributed by atoms with Gasteiger partial charge in [0.15, 0.2) is 12.4 Å². The highest BCUT2D eigenvalue weighted by atomic mass is 19.1. The molecule has 9 nitrogen and oxygen atoms in total. The van der Waals surface area contributed by atoms with Gasteiger partial charge in [-0.15, -0.1) is 0 Å². The molecule has 0 bridgehead atoms. The Labute approximate surface area is 229 Å². The van der Waals surface area contributed by atoms with Gasteiger partial charge in [-0.05, 0) is 41.0 Å². The summed E-state index contributed by atoms with van der Waals surface area (Å²) >= 11 is 0. The lowest BCUT2D eigenvalue weighted by Gasteiger charge is -2.37. The molecule has 4 atom stereocenters. The number of rotatable bonds is 9. The Balaban J connectivity index is 1.56. The molecule has 1 fully saturated rings. The van der Waals surface area contributed by atoms with Crippen LogP contribution in [0.3, 0.4) is 0 Å². The van der Waals surface area contributed by atoms with E-state index < -0.39 is 41.5 Å². The lowest BCUT2D eigenvalue weighted by molar-refractivity contribution is -0.0914. The van der Waals surface area contributed by atoms with Gasteiger partial charge < -0.3 is 24.1 Å². The van der Waals surface area contributed by atoms with Gasteiger partial charge in [0.2, 0.25) is 0 Å². The molecule has 0 saturated carbocycles. The second-order valence-electron chi connectivity index (χ2n) is 9.33. The quantitative estimate of drug-likeness (QED) is 0.309. The Kier molecular flexibility index (Phi) is 7.83. The van der Waals surface area contributed by atoms with Crippen molar-refractivity contribution >= 4 is 0 Å². The zero-order chi connectivity index (χ0) is 28.3. The van der Waals surface area contributed by atoms with Crippen LogP contribution in [0.4, 0.5) is 4.39 Å². The standard InChI is InChI=1S/C30H29FN2O7/c1-37-22-12-8-20(9-13-22)30(19-6-4-3-5-7-19,21-10-14-23(38-2)15-11-21)39-18-24-26(31)27(35)28(40-24)33-17-16-25(34)32-29(33)36/h3-17,24,26-28,35H,18H2,1-2H3,(H,32,34,36)/t24-,26+,27-,28-/m1/s1. The molecule has 0 unspecified atom stereocenters. The van der Waals surface area contributed by atoms with Crippen LogP contribution in [0.15, 0.2) is 101 Å². The maximum atomic E-state index is 15.4. The Morgan fingerprint density at radius 3 is 1.95 bits per heavy atom. The largest absolute Gasteiger partial charge is 0.497 e. The van der Waals surface area contributed by atoms with Crippen molar-refractivity contribution in [3.63, 3.8) is 0 Å². The van der Waals surface area contributed by atoms with E-state index in [1.807, 2.05) is 78.9 Å². The molecular formula is C30H29FN2O7. The van der Waals surface area contributed by atoms with Gasteiger partial charge in [-0.2, -0.15) is 0 Å². The van der Waals surface area contributed by atoms with Crippen LogP contribution in [0.25, 0.3) is 0 Å². The number of methoxy groups -OCH3 is 2. The molecule has 5 rings (SSSR count). The summed E-state index contributed by atoms with van der Waals surface area (Å²) in [5.74, 6) is 1.31. The fourth-order valence-electron chi connectivity index (χ4n) is 4.98. The maximum absolute atomic E-state index is 15.4. The van der Waals surface area contributed by atoms with Crippen LogP contribution in [-0.2, 0) is 15.1 Å². The van der Waals surface area contributed by atoms with Crippen molar-refractivity contribution < 1.29 is 28.4 Å². The molecule has 0 spiro atoms. The zero-order valence-corrected chi connectivity index (χ0v) is 21.9. The average molecular weight is 549 g/mol.